The molecule has 3 N–H and O–H groups in total. The van der Waals surface area contributed by atoms with Crippen molar-refractivity contribution < 1.29 is 9.90 Å². The Hall–Kier alpha value is -0.570. The number of carbonyl (C=O) groups excluding carboxylic acids is 1. The topological polar surface area (TPSA) is 63.3 Å². The molecule has 0 radical (unpaired) electrons. The molecule has 14 heavy (non-hydrogen) atoms. The molecule has 1 amide bonds. The molecular weight excluding hydrogens is 178 g/mol. The molecule has 84 valence electrons. The molecule has 0 aromatic heterocycles. The molecule has 0 rings (SSSR count). The lowest BCUT2D eigenvalue weighted by molar-refractivity contribution is -0.122. The minimum Gasteiger partial charge on any atom is -0.393 e. The van der Waals surface area contributed by atoms with Gasteiger partial charge in [0.15, 0.2) is 0 Å². The lowest BCUT2D eigenvalue weighted by atomic mass is 9.95. The van der Waals surface area contributed by atoms with Crippen LogP contribution in [0, 0.1) is 5.92 Å². The van der Waals surface area contributed by atoms with Gasteiger partial charge in [0.25, 0.3) is 0 Å². The fourth-order valence-electron chi connectivity index (χ4n) is 1.65. The number of aliphatic hydroxyl groups excluding tert-OH is 1. The van der Waals surface area contributed by atoms with E-state index in [1.54, 1.807) is 0 Å². The average molecular weight is 201 g/mol. The summed E-state index contributed by atoms with van der Waals surface area (Å²) in [6.45, 7) is 4.08. The van der Waals surface area contributed by atoms with E-state index < -0.39 is 0 Å². The first-order valence-corrected chi connectivity index (χ1v) is 5.59. The highest BCUT2D eigenvalue weighted by Gasteiger charge is 2.15. The normalized spacial score (nSPS) is 15.1. The predicted molar refractivity (Wildman–Crippen MR) is 57.7 cm³/mol. The Labute approximate surface area is 86.7 Å². The van der Waals surface area contributed by atoms with Crippen molar-refractivity contribution in [2.24, 2.45) is 11.7 Å². The van der Waals surface area contributed by atoms with Gasteiger partial charge in [0.1, 0.15) is 0 Å². The largest absolute Gasteiger partial charge is 0.393 e. The molecule has 0 aliphatic heterocycles. The monoisotopic (exact) mass is 201 g/mol. The minimum atomic E-state index is -0.265. The van der Waals surface area contributed by atoms with Crippen molar-refractivity contribution in [3.63, 3.8) is 0 Å². The Bertz CT molecular complexity index is 159. The maximum Gasteiger partial charge on any atom is 0.220 e. The zero-order valence-corrected chi connectivity index (χ0v) is 9.33. The molecule has 0 aromatic rings. The molecule has 0 fully saturated rings. The number of rotatable bonds is 8. The lowest BCUT2D eigenvalue weighted by Crippen LogP contribution is -2.24. The second-order valence-electron chi connectivity index (χ2n) is 3.91. The Kier molecular flexibility index (Phi) is 7.48. The van der Waals surface area contributed by atoms with Crippen LogP contribution in [0.1, 0.15) is 52.4 Å². The molecule has 3 nitrogen and oxygen atoms in total. The van der Waals surface area contributed by atoms with Crippen LogP contribution < -0.4 is 5.73 Å². The van der Waals surface area contributed by atoms with Crippen molar-refractivity contribution in [1.82, 2.24) is 0 Å². The number of amides is 1. The Morgan fingerprint density at radius 2 is 1.71 bits per heavy atom. The molecule has 0 bridgehead atoms. The standard InChI is InChI=1S/C11H23NO2/c1-3-5-9(11(12)14)7-8-10(13)6-4-2/h9-10,13H,3-8H2,1-2H3,(H2,12,14). The third kappa shape index (κ3) is 5.97. The minimum absolute atomic E-state index is 0.0495. The van der Waals surface area contributed by atoms with Crippen molar-refractivity contribution >= 4 is 5.91 Å². The van der Waals surface area contributed by atoms with Gasteiger partial charge in [-0.15, -0.1) is 0 Å². The predicted octanol–water partition coefficient (Wildman–Crippen LogP) is 1.83. The van der Waals surface area contributed by atoms with E-state index in [0.717, 1.165) is 32.1 Å². The molecule has 0 aliphatic carbocycles. The summed E-state index contributed by atoms with van der Waals surface area (Å²) in [4.78, 5) is 11.0. The quantitative estimate of drug-likeness (QED) is 0.629. The fraction of sp³-hybridized carbons (Fsp3) is 0.909. The van der Waals surface area contributed by atoms with Crippen molar-refractivity contribution in [3.8, 4) is 0 Å². The average Bonchev–Trinajstić information content (AvgIpc) is 2.12. The molecule has 0 spiro atoms. The summed E-state index contributed by atoms with van der Waals surface area (Å²) in [6.07, 6.45) is 4.77. The number of carbonyl (C=O) groups is 1. The van der Waals surface area contributed by atoms with Gasteiger partial charge in [-0.2, -0.15) is 0 Å². The zero-order valence-electron chi connectivity index (χ0n) is 9.33. The fourth-order valence-corrected chi connectivity index (χ4v) is 1.65. The first-order valence-electron chi connectivity index (χ1n) is 5.59. The van der Waals surface area contributed by atoms with Gasteiger partial charge in [0, 0.05) is 5.92 Å². The summed E-state index contributed by atoms with van der Waals surface area (Å²) in [5.74, 6) is -0.276. The van der Waals surface area contributed by atoms with E-state index in [9.17, 15) is 9.90 Å². The van der Waals surface area contributed by atoms with Gasteiger partial charge >= 0.3 is 0 Å². The Morgan fingerprint density at radius 1 is 1.14 bits per heavy atom. The molecule has 3 heteroatoms. The third-order valence-electron chi connectivity index (χ3n) is 2.51. The van der Waals surface area contributed by atoms with Gasteiger partial charge in [-0.05, 0) is 25.7 Å². The maximum atomic E-state index is 11.0. The van der Waals surface area contributed by atoms with Gasteiger partial charge in [-0.25, -0.2) is 0 Å². The van der Waals surface area contributed by atoms with E-state index in [0.29, 0.717) is 6.42 Å². The molecular formula is C11H23NO2. The van der Waals surface area contributed by atoms with Gasteiger partial charge in [0.05, 0.1) is 6.10 Å². The van der Waals surface area contributed by atoms with Crippen molar-refractivity contribution in [2.45, 2.75) is 58.5 Å². The van der Waals surface area contributed by atoms with Crippen LogP contribution >= 0.6 is 0 Å². The van der Waals surface area contributed by atoms with Gasteiger partial charge in [-0.3, -0.25) is 4.79 Å². The highest BCUT2D eigenvalue weighted by molar-refractivity contribution is 5.76. The SMILES string of the molecule is CCCC(O)CCC(CCC)C(N)=O. The lowest BCUT2D eigenvalue weighted by Gasteiger charge is -2.14. The Morgan fingerprint density at radius 3 is 2.14 bits per heavy atom. The van der Waals surface area contributed by atoms with Crippen molar-refractivity contribution in [2.75, 3.05) is 0 Å². The van der Waals surface area contributed by atoms with Gasteiger partial charge in [0.2, 0.25) is 5.91 Å². The molecule has 0 heterocycles. The molecule has 2 atom stereocenters. The summed E-state index contributed by atoms with van der Waals surface area (Å²) in [5, 5.41) is 9.50. The zero-order chi connectivity index (χ0) is 11.0. The number of hydrogen-bond acceptors (Lipinski definition) is 2. The van der Waals surface area contributed by atoms with Crippen LogP contribution in [-0.4, -0.2) is 17.1 Å². The van der Waals surface area contributed by atoms with Crippen LogP contribution in [0.3, 0.4) is 0 Å². The number of nitrogens with two attached hydrogens (primary N) is 1. The van der Waals surface area contributed by atoms with Crippen LogP contribution in [0.5, 0.6) is 0 Å². The van der Waals surface area contributed by atoms with Crippen LogP contribution in [0.15, 0.2) is 0 Å². The highest BCUT2D eigenvalue weighted by atomic mass is 16.3. The molecule has 2 unspecified atom stereocenters. The van der Waals surface area contributed by atoms with E-state index in [-0.39, 0.29) is 17.9 Å². The van der Waals surface area contributed by atoms with Crippen LogP contribution in [0.4, 0.5) is 0 Å². The number of aliphatic hydroxyl groups is 1. The first-order chi connectivity index (χ1) is 6.61. The summed E-state index contributed by atoms with van der Waals surface area (Å²) >= 11 is 0. The summed E-state index contributed by atoms with van der Waals surface area (Å²) in [5.41, 5.74) is 5.26. The summed E-state index contributed by atoms with van der Waals surface area (Å²) in [6, 6.07) is 0. The smallest absolute Gasteiger partial charge is 0.220 e. The molecule has 0 aromatic carbocycles. The number of primary amides is 1. The highest BCUT2D eigenvalue weighted by Crippen LogP contribution is 2.16. The first kappa shape index (κ1) is 13.4. The molecule has 0 saturated carbocycles. The summed E-state index contributed by atoms with van der Waals surface area (Å²) in [7, 11) is 0. The van der Waals surface area contributed by atoms with E-state index in [4.69, 9.17) is 5.73 Å². The van der Waals surface area contributed by atoms with Crippen LogP contribution in [0.2, 0.25) is 0 Å². The summed E-state index contributed by atoms with van der Waals surface area (Å²) < 4.78 is 0. The van der Waals surface area contributed by atoms with E-state index in [2.05, 4.69) is 0 Å². The van der Waals surface area contributed by atoms with Crippen molar-refractivity contribution in [1.29, 1.82) is 0 Å². The molecule has 0 saturated heterocycles. The van der Waals surface area contributed by atoms with Crippen LogP contribution in [0.25, 0.3) is 0 Å². The van der Waals surface area contributed by atoms with Gasteiger partial charge in [-0.1, -0.05) is 26.7 Å². The van der Waals surface area contributed by atoms with Crippen LogP contribution in [-0.2, 0) is 4.79 Å². The Balaban J connectivity index is 3.75. The van der Waals surface area contributed by atoms with E-state index >= 15 is 0 Å². The van der Waals surface area contributed by atoms with E-state index in [1.807, 2.05) is 13.8 Å². The second kappa shape index (κ2) is 7.80. The maximum absolute atomic E-state index is 11.0. The van der Waals surface area contributed by atoms with Crippen molar-refractivity contribution in [3.05, 3.63) is 0 Å². The second-order valence-corrected chi connectivity index (χ2v) is 3.91. The van der Waals surface area contributed by atoms with Gasteiger partial charge < -0.3 is 10.8 Å². The number of hydrogen-bond donors (Lipinski definition) is 2. The third-order valence-corrected chi connectivity index (χ3v) is 2.51. The van der Waals surface area contributed by atoms with E-state index in [1.165, 1.54) is 0 Å². The molecule has 0 aliphatic rings.